The molecule has 11 heteroatoms. The summed E-state index contributed by atoms with van der Waals surface area (Å²) < 4.78 is 27.7. The van der Waals surface area contributed by atoms with Crippen molar-refractivity contribution in [2.24, 2.45) is 0 Å². The van der Waals surface area contributed by atoms with Gasteiger partial charge in [0.25, 0.3) is 10.0 Å². The lowest BCUT2D eigenvalue weighted by molar-refractivity contribution is 0.322. The zero-order valence-electron chi connectivity index (χ0n) is 18.6. The number of aromatic nitrogens is 3. The van der Waals surface area contributed by atoms with Crippen molar-refractivity contribution in [1.29, 1.82) is 0 Å². The second-order valence-electron chi connectivity index (χ2n) is 8.41. The highest BCUT2D eigenvalue weighted by molar-refractivity contribution is 7.92. The van der Waals surface area contributed by atoms with Crippen molar-refractivity contribution in [1.82, 2.24) is 19.9 Å². The monoisotopic (exact) mass is 492 g/mol. The number of sulfonamides is 1. The van der Waals surface area contributed by atoms with Crippen molar-refractivity contribution >= 4 is 44.2 Å². The van der Waals surface area contributed by atoms with E-state index in [0.717, 1.165) is 43.0 Å². The molecule has 1 saturated heterocycles. The molecule has 172 valence electrons. The van der Waals surface area contributed by atoms with Crippen LogP contribution >= 0.6 is 22.7 Å². The summed E-state index contributed by atoms with van der Waals surface area (Å²) in [5, 5.41) is 5.00. The molecule has 0 spiro atoms. The van der Waals surface area contributed by atoms with Gasteiger partial charge in [-0.05, 0) is 25.0 Å². The molecular weight excluding hydrogens is 464 g/mol. The average molecular weight is 493 g/mol. The van der Waals surface area contributed by atoms with Crippen LogP contribution in [0.1, 0.15) is 42.5 Å². The van der Waals surface area contributed by atoms with E-state index >= 15 is 0 Å². The van der Waals surface area contributed by atoms with Crippen molar-refractivity contribution in [3.05, 3.63) is 44.8 Å². The Labute approximate surface area is 197 Å². The van der Waals surface area contributed by atoms with Gasteiger partial charge in [0.1, 0.15) is 0 Å². The van der Waals surface area contributed by atoms with Crippen LogP contribution < -0.4 is 9.62 Å². The number of thiazole rings is 2. The molecule has 0 radical (unpaired) electrons. The van der Waals surface area contributed by atoms with Crippen LogP contribution in [-0.2, 0) is 16.6 Å². The van der Waals surface area contributed by atoms with Gasteiger partial charge >= 0.3 is 0 Å². The van der Waals surface area contributed by atoms with Gasteiger partial charge in [0.05, 0.1) is 28.1 Å². The van der Waals surface area contributed by atoms with Crippen LogP contribution in [0.4, 0.5) is 11.5 Å². The summed E-state index contributed by atoms with van der Waals surface area (Å²) in [5.41, 5.74) is 4.54. The zero-order chi connectivity index (χ0) is 22.9. The first-order valence-electron chi connectivity index (χ1n) is 10.5. The van der Waals surface area contributed by atoms with Crippen LogP contribution in [0.15, 0.2) is 33.6 Å². The third-order valence-corrected chi connectivity index (χ3v) is 8.66. The van der Waals surface area contributed by atoms with E-state index < -0.39 is 10.0 Å². The molecule has 0 amide bonds. The van der Waals surface area contributed by atoms with Crippen LogP contribution in [0.25, 0.3) is 0 Å². The summed E-state index contributed by atoms with van der Waals surface area (Å²) in [6.07, 6.45) is 2.70. The molecule has 4 rings (SSSR count). The van der Waals surface area contributed by atoms with E-state index in [1.165, 1.54) is 16.3 Å². The van der Waals surface area contributed by atoms with Gasteiger partial charge in [-0.1, -0.05) is 13.8 Å². The number of anilines is 2. The van der Waals surface area contributed by atoms with Gasteiger partial charge in [0.2, 0.25) is 0 Å². The van der Waals surface area contributed by atoms with Crippen molar-refractivity contribution < 1.29 is 8.42 Å². The molecule has 3 aromatic heterocycles. The maximum atomic E-state index is 12.6. The number of pyridine rings is 1. The minimum absolute atomic E-state index is 0.00214. The molecule has 8 nitrogen and oxygen atoms in total. The minimum Gasteiger partial charge on any atom is -0.369 e. The Morgan fingerprint density at radius 1 is 1.31 bits per heavy atom. The highest BCUT2D eigenvalue weighted by Crippen LogP contribution is 2.27. The first-order chi connectivity index (χ1) is 15.2. The molecule has 0 aliphatic carbocycles. The molecule has 1 unspecified atom stereocenters. The highest BCUT2D eigenvalue weighted by atomic mass is 32.2. The van der Waals surface area contributed by atoms with Gasteiger partial charge in [-0.25, -0.2) is 15.0 Å². The standard InChI is InChI=1S/C21H28N6O2S3/c1-14(2)21-24-16(11-31-21)9-27-6-5-17(10-27)26(4)18-8-22-20(7-15(18)3)32(28,29)25-19-12-30-13-23-19/h7-8,11-14,17,25H,5-6,9-10H2,1-4H3. The average Bonchev–Trinajstić information content (AvgIpc) is 3.50. The number of likely N-dealkylation sites (tertiary alicyclic amines) is 1. The summed E-state index contributed by atoms with van der Waals surface area (Å²) in [5.74, 6) is 0.771. The Hall–Kier alpha value is -2.08. The number of aryl methyl sites for hydroxylation is 1. The lowest BCUT2D eigenvalue weighted by Gasteiger charge is -2.28. The van der Waals surface area contributed by atoms with E-state index in [1.54, 1.807) is 34.5 Å². The molecule has 0 aromatic carbocycles. The maximum Gasteiger partial charge on any atom is 0.280 e. The summed E-state index contributed by atoms with van der Waals surface area (Å²) >= 11 is 3.07. The summed E-state index contributed by atoms with van der Waals surface area (Å²) in [6.45, 7) is 9.09. The van der Waals surface area contributed by atoms with Gasteiger partial charge in [0.15, 0.2) is 10.8 Å². The van der Waals surface area contributed by atoms with Crippen LogP contribution in [0.2, 0.25) is 0 Å². The van der Waals surface area contributed by atoms with Crippen molar-refractivity contribution in [3.63, 3.8) is 0 Å². The summed E-state index contributed by atoms with van der Waals surface area (Å²) in [6, 6.07) is 1.96. The molecule has 3 aromatic rings. The first kappa shape index (κ1) is 23.1. The lowest BCUT2D eigenvalue weighted by Crippen LogP contribution is -2.35. The minimum atomic E-state index is -3.76. The van der Waals surface area contributed by atoms with Crippen molar-refractivity contribution in [2.75, 3.05) is 29.8 Å². The van der Waals surface area contributed by atoms with E-state index in [4.69, 9.17) is 4.98 Å². The van der Waals surface area contributed by atoms with Crippen molar-refractivity contribution in [2.45, 2.75) is 50.7 Å². The molecule has 32 heavy (non-hydrogen) atoms. The molecule has 1 N–H and O–H groups in total. The smallest absolute Gasteiger partial charge is 0.280 e. The zero-order valence-corrected chi connectivity index (χ0v) is 21.1. The van der Waals surface area contributed by atoms with Crippen LogP contribution in [-0.4, -0.2) is 54.4 Å². The maximum absolute atomic E-state index is 12.6. The fraction of sp³-hybridized carbons (Fsp3) is 0.476. The van der Waals surface area contributed by atoms with E-state index in [1.807, 2.05) is 6.92 Å². The quantitative estimate of drug-likeness (QED) is 0.509. The topological polar surface area (TPSA) is 91.3 Å². The Morgan fingerprint density at radius 2 is 2.12 bits per heavy atom. The van der Waals surface area contributed by atoms with Crippen molar-refractivity contribution in [3.8, 4) is 0 Å². The van der Waals surface area contributed by atoms with Gasteiger partial charge < -0.3 is 4.90 Å². The lowest BCUT2D eigenvalue weighted by atomic mass is 10.1. The summed E-state index contributed by atoms with van der Waals surface area (Å²) in [7, 11) is -1.71. The second-order valence-corrected chi connectivity index (χ2v) is 11.6. The predicted molar refractivity (Wildman–Crippen MR) is 130 cm³/mol. The van der Waals surface area contributed by atoms with Gasteiger partial charge in [-0.15, -0.1) is 22.7 Å². The number of nitrogens with zero attached hydrogens (tertiary/aromatic N) is 5. The van der Waals surface area contributed by atoms with E-state index in [0.29, 0.717) is 17.8 Å². The fourth-order valence-electron chi connectivity index (χ4n) is 3.85. The molecule has 0 saturated carbocycles. The van der Waals surface area contributed by atoms with E-state index in [9.17, 15) is 8.42 Å². The summed E-state index contributed by atoms with van der Waals surface area (Å²) in [4.78, 5) is 17.6. The van der Waals surface area contributed by atoms with Crippen LogP contribution in [0.5, 0.6) is 0 Å². The second kappa shape index (κ2) is 9.42. The Morgan fingerprint density at radius 3 is 2.78 bits per heavy atom. The van der Waals surface area contributed by atoms with Gasteiger partial charge in [0, 0.05) is 49.4 Å². The number of hydrogen-bond acceptors (Lipinski definition) is 9. The molecule has 1 aliphatic rings. The van der Waals surface area contributed by atoms with Crippen LogP contribution in [0, 0.1) is 6.92 Å². The fourth-order valence-corrected chi connectivity index (χ4v) is 6.25. The highest BCUT2D eigenvalue weighted by Gasteiger charge is 2.28. The predicted octanol–water partition coefficient (Wildman–Crippen LogP) is 3.94. The normalized spacial score (nSPS) is 17.2. The SMILES string of the molecule is Cc1cc(S(=O)(=O)Nc2cscn2)ncc1N(C)C1CCN(Cc2csc(C(C)C)n2)C1. The van der Waals surface area contributed by atoms with Gasteiger partial charge in [-0.2, -0.15) is 8.42 Å². The molecule has 4 heterocycles. The third-order valence-electron chi connectivity index (χ3n) is 5.63. The van der Waals surface area contributed by atoms with E-state index in [-0.39, 0.29) is 5.03 Å². The Balaban J connectivity index is 1.41. The Bertz CT molecular complexity index is 1160. The first-order valence-corrected chi connectivity index (χ1v) is 13.8. The Kier molecular flexibility index (Phi) is 6.80. The number of hydrogen-bond donors (Lipinski definition) is 1. The largest absolute Gasteiger partial charge is 0.369 e. The number of rotatable bonds is 8. The molecule has 0 bridgehead atoms. The number of nitrogens with one attached hydrogen (secondary N) is 1. The molecule has 1 atom stereocenters. The molecule has 1 fully saturated rings. The molecule has 1 aliphatic heterocycles. The molecular formula is C21H28N6O2S3. The van der Waals surface area contributed by atoms with E-state index in [2.05, 4.69) is 50.8 Å². The third kappa shape index (κ3) is 5.11. The van der Waals surface area contributed by atoms with Gasteiger partial charge in [-0.3, -0.25) is 9.62 Å². The van der Waals surface area contributed by atoms with Crippen LogP contribution in [0.3, 0.4) is 0 Å². The number of likely N-dealkylation sites (N-methyl/N-ethyl adjacent to an activating group) is 1.